The lowest BCUT2D eigenvalue weighted by molar-refractivity contribution is -0.137. The van der Waals surface area contributed by atoms with Gasteiger partial charge in [-0.25, -0.2) is 0 Å². The molecule has 1 aromatic heterocycles. The zero-order valence-corrected chi connectivity index (χ0v) is 13.8. The Morgan fingerprint density at radius 3 is 2.48 bits per heavy atom. The van der Waals surface area contributed by atoms with Crippen molar-refractivity contribution in [1.82, 2.24) is 5.16 Å². The van der Waals surface area contributed by atoms with Crippen LogP contribution in [-0.4, -0.2) is 33.1 Å². The summed E-state index contributed by atoms with van der Waals surface area (Å²) in [6.07, 6.45) is 0. The Hall–Kier alpha value is -1.50. The highest BCUT2D eigenvalue weighted by atomic mass is 32.2. The molecule has 6 nitrogen and oxygen atoms in total. The van der Waals surface area contributed by atoms with Crippen molar-refractivity contribution in [3.05, 3.63) is 11.8 Å². The molecule has 21 heavy (non-hydrogen) atoms. The van der Waals surface area contributed by atoms with Crippen molar-refractivity contribution in [3.63, 3.8) is 0 Å². The maximum atomic E-state index is 11.8. The molecule has 0 saturated heterocycles. The quantitative estimate of drug-likeness (QED) is 0.838. The molecule has 1 heterocycles. The molecule has 0 saturated carbocycles. The number of rotatable bonds is 6. The van der Waals surface area contributed by atoms with Crippen molar-refractivity contribution in [2.75, 3.05) is 11.1 Å². The summed E-state index contributed by atoms with van der Waals surface area (Å²) in [5.41, 5.74) is 0.587. The first-order chi connectivity index (χ1) is 9.61. The lowest BCUT2D eigenvalue weighted by Gasteiger charge is -2.14. The molecule has 0 aromatic carbocycles. The van der Waals surface area contributed by atoms with E-state index in [9.17, 15) is 9.59 Å². The predicted molar refractivity (Wildman–Crippen MR) is 82.6 cm³/mol. The predicted octanol–water partition coefficient (Wildman–Crippen LogP) is 2.75. The summed E-state index contributed by atoms with van der Waals surface area (Å²) in [7, 11) is 0. The number of carboxylic acid groups (broad SMARTS) is 1. The van der Waals surface area contributed by atoms with Gasteiger partial charge in [0, 0.05) is 11.5 Å². The maximum Gasteiger partial charge on any atom is 0.316 e. The highest BCUT2D eigenvalue weighted by molar-refractivity contribution is 8.01. The van der Waals surface area contributed by atoms with Crippen LogP contribution in [0.1, 0.15) is 40.3 Å². The number of carbonyl (C=O) groups excluding carboxylic acids is 1. The van der Waals surface area contributed by atoms with Crippen LogP contribution in [0.2, 0.25) is 0 Å². The summed E-state index contributed by atoms with van der Waals surface area (Å²) in [4.78, 5) is 22.9. The van der Waals surface area contributed by atoms with Crippen molar-refractivity contribution in [2.24, 2.45) is 5.92 Å². The van der Waals surface area contributed by atoms with E-state index in [-0.39, 0.29) is 28.9 Å². The normalized spacial score (nSPS) is 13.2. The summed E-state index contributed by atoms with van der Waals surface area (Å²) < 4.78 is 5.06. The van der Waals surface area contributed by atoms with Gasteiger partial charge in [0.15, 0.2) is 0 Å². The standard InChI is InChI=1S/C14H22N2O4S/c1-8(2)12(13(18)19)21-7-10(17)15-11-6-9(16-20-11)14(3,4)5/h6,8,12H,7H2,1-5H3,(H,15,17)(H,18,19). The molecule has 2 N–H and O–H groups in total. The Morgan fingerprint density at radius 1 is 1.43 bits per heavy atom. The molecule has 1 aromatic rings. The summed E-state index contributed by atoms with van der Waals surface area (Å²) >= 11 is 1.10. The van der Waals surface area contributed by atoms with Gasteiger partial charge < -0.3 is 9.63 Å². The second-order valence-electron chi connectivity index (χ2n) is 6.19. The highest BCUT2D eigenvalue weighted by Crippen LogP contribution is 2.24. The van der Waals surface area contributed by atoms with E-state index in [1.807, 2.05) is 34.6 Å². The third kappa shape index (κ3) is 5.41. The Morgan fingerprint density at radius 2 is 2.05 bits per heavy atom. The van der Waals surface area contributed by atoms with Crippen LogP contribution in [-0.2, 0) is 15.0 Å². The molecule has 0 aliphatic heterocycles. The molecule has 0 radical (unpaired) electrons. The fraction of sp³-hybridized carbons (Fsp3) is 0.643. The fourth-order valence-corrected chi connectivity index (χ4v) is 2.51. The Labute approximate surface area is 128 Å². The van der Waals surface area contributed by atoms with Crippen LogP contribution in [0.25, 0.3) is 0 Å². The van der Waals surface area contributed by atoms with Gasteiger partial charge in [-0.05, 0) is 5.92 Å². The van der Waals surface area contributed by atoms with Gasteiger partial charge in [-0.2, -0.15) is 0 Å². The minimum Gasteiger partial charge on any atom is -0.480 e. The number of hydrogen-bond acceptors (Lipinski definition) is 5. The molecule has 0 bridgehead atoms. The number of nitrogens with zero attached hydrogens (tertiary/aromatic N) is 1. The molecule has 0 fully saturated rings. The van der Waals surface area contributed by atoms with Crippen LogP contribution >= 0.6 is 11.8 Å². The molecular formula is C14H22N2O4S. The first-order valence-electron chi connectivity index (χ1n) is 6.72. The Kier molecular flexibility index (Phi) is 5.83. The molecule has 0 spiro atoms. The van der Waals surface area contributed by atoms with E-state index in [4.69, 9.17) is 9.63 Å². The first-order valence-corrected chi connectivity index (χ1v) is 7.77. The van der Waals surface area contributed by atoms with Crippen LogP contribution < -0.4 is 5.32 Å². The number of nitrogens with one attached hydrogen (secondary N) is 1. The average molecular weight is 314 g/mol. The van der Waals surface area contributed by atoms with E-state index in [0.717, 1.165) is 17.5 Å². The van der Waals surface area contributed by atoms with Crippen LogP contribution in [0.4, 0.5) is 5.88 Å². The summed E-state index contributed by atoms with van der Waals surface area (Å²) in [6, 6.07) is 1.68. The lowest BCUT2D eigenvalue weighted by Crippen LogP contribution is -2.25. The molecular weight excluding hydrogens is 292 g/mol. The van der Waals surface area contributed by atoms with Crippen molar-refractivity contribution in [2.45, 2.75) is 45.3 Å². The van der Waals surface area contributed by atoms with Gasteiger partial charge in [-0.3, -0.25) is 14.9 Å². The number of amides is 1. The highest BCUT2D eigenvalue weighted by Gasteiger charge is 2.24. The fourth-order valence-electron chi connectivity index (χ4n) is 1.58. The van der Waals surface area contributed by atoms with E-state index in [1.54, 1.807) is 6.07 Å². The van der Waals surface area contributed by atoms with Gasteiger partial charge in [0.25, 0.3) is 0 Å². The molecule has 1 unspecified atom stereocenters. The zero-order chi connectivity index (χ0) is 16.2. The van der Waals surface area contributed by atoms with Crippen LogP contribution in [0.3, 0.4) is 0 Å². The van der Waals surface area contributed by atoms with Gasteiger partial charge in [0.1, 0.15) is 5.25 Å². The van der Waals surface area contributed by atoms with E-state index >= 15 is 0 Å². The molecule has 1 rings (SSSR count). The molecule has 0 aliphatic carbocycles. The van der Waals surface area contributed by atoms with Crippen LogP contribution in [0, 0.1) is 5.92 Å². The number of thioether (sulfide) groups is 1. The second kappa shape index (κ2) is 6.98. The number of carbonyl (C=O) groups is 2. The first kappa shape index (κ1) is 17.6. The van der Waals surface area contributed by atoms with Crippen molar-refractivity contribution in [3.8, 4) is 0 Å². The Bertz CT molecular complexity index is 505. The third-order valence-corrected chi connectivity index (χ3v) is 4.32. The van der Waals surface area contributed by atoms with Crippen molar-refractivity contribution in [1.29, 1.82) is 0 Å². The number of anilines is 1. The number of aromatic nitrogens is 1. The average Bonchev–Trinajstić information content (AvgIpc) is 2.76. The van der Waals surface area contributed by atoms with Crippen molar-refractivity contribution < 1.29 is 19.2 Å². The molecule has 7 heteroatoms. The van der Waals surface area contributed by atoms with Crippen LogP contribution in [0.5, 0.6) is 0 Å². The van der Waals surface area contributed by atoms with Crippen molar-refractivity contribution >= 4 is 29.5 Å². The lowest BCUT2D eigenvalue weighted by atomic mass is 9.92. The van der Waals surface area contributed by atoms with Gasteiger partial charge in [0.2, 0.25) is 11.8 Å². The second-order valence-corrected chi connectivity index (χ2v) is 7.32. The summed E-state index contributed by atoms with van der Waals surface area (Å²) in [5, 5.41) is 14.9. The van der Waals surface area contributed by atoms with Gasteiger partial charge in [-0.15, -0.1) is 11.8 Å². The van der Waals surface area contributed by atoms with Gasteiger partial charge in [-0.1, -0.05) is 39.8 Å². The van der Waals surface area contributed by atoms with Gasteiger partial charge in [0.05, 0.1) is 11.4 Å². The van der Waals surface area contributed by atoms with E-state index in [1.165, 1.54) is 0 Å². The number of aliphatic carboxylic acids is 1. The largest absolute Gasteiger partial charge is 0.480 e. The minimum atomic E-state index is -0.905. The van der Waals surface area contributed by atoms with Gasteiger partial charge >= 0.3 is 5.97 Å². The number of carboxylic acids is 1. The van der Waals surface area contributed by atoms with E-state index in [0.29, 0.717) is 0 Å². The van der Waals surface area contributed by atoms with E-state index < -0.39 is 11.2 Å². The van der Waals surface area contributed by atoms with Crippen LogP contribution in [0.15, 0.2) is 10.6 Å². The third-order valence-electron chi connectivity index (χ3n) is 2.78. The minimum absolute atomic E-state index is 0.0435. The molecule has 1 atom stereocenters. The topological polar surface area (TPSA) is 92.4 Å². The summed E-state index contributed by atoms with van der Waals surface area (Å²) in [6.45, 7) is 9.61. The molecule has 0 aliphatic rings. The molecule has 1 amide bonds. The van der Waals surface area contributed by atoms with E-state index in [2.05, 4.69) is 10.5 Å². The maximum absolute atomic E-state index is 11.8. The number of hydrogen-bond donors (Lipinski definition) is 2. The molecule has 118 valence electrons. The zero-order valence-electron chi connectivity index (χ0n) is 13.0. The monoisotopic (exact) mass is 314 g/mol. The summed E-state index contributed by atoms with van der Waals surface area (Å²) in [5.74, 6) is -0.915. The Balaban J connectivity index is 2.54. The SMILES string of the molecule is CC(C)C(SCC(=O)Nc1cc(C(C)(C)C)no1)C(=O)O. The smallest absolute Gasteiger partial charge is 0.316 e.